The summed E-state index contributed by atoms with van der Waals surface area (Å²) in [6.45, 7) is -0.175. The van der Waals surface area contributed by atoms with Gasteiger partial charge in [-0.25, -0.2) is 9.48 Å². The molecule has 6 heteroatoms. The van der Waals surface area contributed by atoms with Crippen LogP contribution in [0.25, 0.3) is 0 Å². The van der Waals surface area contributed by atoms with Crippen LogP contribution < -0.4 is 0 Å². The second kappa shape index (κ2) is 5.02. The van der Waals surface area contributed by atoms with E-state index in [4.69, 9.17) is 5.11 Å². The Kier molecular flexibility index (Phi) is 3.97. The molecule has 0 aromatic carbocycles. The summed E-state index contributed by atoms with van der Waals surface area (Å²) >= 11 is 1.53. The largest absolute Gasteiger partial charge is 0.464 e. The number of aromatic nitrogens is 2. The third-order valence-electron chi connectivity index (χ3n) is 1.64. The molecule has 0 aliphatic rings. The first-order valence-corrected chi connectivity index (χ1v) is 5.37. The van der Waals surface area contributed by atoms with E-state index in [1.807, 2.05) is 6.26 Å². The minimum atomic E-state index is -0.439. The Morgan fingerprint density at radius 2 is 2.50 bits per heavy atom. The van der Waals surface area contributed by atoms with Gasteiger partial charge in [-0.2, -0.15) is 5.10 Å². The number of carbonyl (C=O) groups is 1. The van der Waals surface area contributed by atoms with Gasteiger partial charge in [0.1, 0.15) is 5.69 Å². The SMILES string of the molecule is COC(=O)c1cc(CO)nn1CSC. The van der Waals surface area contributed by atoms with Gasteiger partial charge in [0.2, 0.25) is 0 Å². The molecule has 0 bridgehead atoms. The molecule has 1 rings (SSSR count). The van der Waals surface area contributed by atoms with Crippen LogP contribution in [0.3, 0.4) is 0 Å². The molecule has 0 amide bonds. The molecular weight excluding hydrogens is 204 g/mol. The van der Waals surface area contributed by atoms with Crippen molar-refractivity contribution in [3.63, 3.8) is 0 Å². The lowest BCUT2D eigenvalue weighted by Crippen LogP contribution is -2.10. The fourth-order valence-corrected chi connectivity index (χ4v) is 1.48. The van der Waals surface area contributed by atoms with E-state index in [0.717, 1.165) is 0 Å². The Morgan fingerprint density at radius 3 is 3.00 bits per heavy atom. The van der Waals surface area contributed by atoms with Crippen molar-refractivity contribution in [2.75, 3.05) is 13.4 Å². The van der Waals surface area contributed by atoms with Gasteiger partial charge in [0.25, 0.3) is 0 Å². The average molecular weight is 216 g/mol. The molecule has 0 unspecified atom stereocenters. The minimum absolute atomic E-state index is 0.175. The van der Waals surface area contributed by atoms with Gasteiger partial charge in [0, 0.05) is 0 Å². The molecule has 0 aliphatic heterocycles. The molecular formula is C8H12N2O3S. The topological polar surface area (TPSA) is 64.3 Å². The van der Waals surface area contributed by atoms with E-state index in [0.29, 0.717) is 17.3 Å². The summed E-state index contributed by atoms with van der Waals surface area (Å²) < 4.78 is 6.11. The number of aliphatic hydroxyl groups excluding tert-OH is 1. The standard InChI is InChI=1S/C8H12N2O3S/c1-13-8(12)7-3-6(4-11)9-10(7)5-14-2/h3,11H,4-5H2,1-2H3. The first kappa shape index (κ1) is 11.1. The second-order valence-corrected chi connectivity index (χ2v) is 3.42. The van der Waals surface area contributed by atoms with Gasteiger partial charge in [-0.1, -0.05) is 0 Å². The van der Waals surface area contributed by atoms with E-state index < -0.39 is 5.97 Å². The molecule has 1 N–H and O–H groups in total. The Labute approximate surface area is 86.1 Å². The van der Waals surface area contributed by atoms with E-state index in [9.17, 15) is 4.79 Å². The predicted molar refractivity (Wildman–Crippen MR) is 53.0 cm³/mol. The van der Waals surface area contributed by atoms with E-state index in [1.54, 1.807) is 0 Å². The van der Waals surface area contributed by atoms with Gasteiger partial charge in [0.15, 0.2) is 0 Å². The maximum absolute atomic E-state index is 11.3. The van der Waals surface area contributed by atoms with E-state index >= 15 is 0 Å². The normalized spacial score (nSPS) is 10.2. The van der Waals surface area contributed by atoms with Crippen molar-refractivity contribution in [2.24, 2.45) is 0 Å². The summed E-state index contributed by atoms with van der Waals surface area (Å²) in [5.74, 6) is 0.121. The van der Waals surface area contributed by atoms with Gasteiger partial charge in [-0.15, -0.1) is 11.8 Å². The lowest BCUT2D eigenvalue weighted by molar-refractivity contribution is 0.0588. The van der Waals surface area contributed by atoms with Crippen LogP contribution in [0.5, 0.6) is 0 Å². The zero-order chi connectivity index (χ0) is 10.6. The van der Waals surface area contributed by atoms with Crippen LogP contribution in [0, 0.1) is 0 Å². The zero-order valence-electron chi connectivity index (χ0n) is 8.06. The average Bonchev–Trinajstić information content (AvgIpc) is 2.61. The lowest BCUT2D eigenvalue weighted by Gasteiger charge is -2.02. The molecule has 0 saturated carbocycles. The smallest absolute Gasteiger partial charge is 0.356 e. The van der Waals surface area contributed by atoms with Gasteiger partial charge >= 0.3 is 5.97 Å². The van der Waals surface area contributed by atoms with Crippen molar-refractivity contribution >= 4 is 17.7 Å². The summed E-state index contributed by atoms with van der Waals surface area (Å²) in [7, 11) is 1.32. The first-order valence-electron chi connectivity index (χ1n) is 3.97. The number of ether oxygens (including phenoxy) is 1. The highest BCUT2D eigenvalue weighted by Gasteiger charge is 2.14. The Balaban J connectivity index is 2.99. The maximum Gasteiger partial charge on any atom is 0.356 e. The number of carbonyl (C=O) groups excluding carboxylic acids is 1. The summed E-state index contributed by atoms with van der Waals surface area (Å²) in [5.41, 5.74) is 0.838. The molecule has 1 heterocycles. The third kappa shape index (κ3) is 2.27. The van der Waals surface area contributed by atoms with Crippen molar-refractivity contribution in [1.29, 1.82) is 0 Å². The maximum atomic E-state index is 11.3. The number of hydrogen-bond donors (Lipinski definition) is 1. The van der Waals surface area contributed by atoms with Gasteiger partial charge < -0.3 is 9.84 Å². The van der Waals surface area contributed by atoms with Crippen molar-refractivity contribution in [3.8, 4) is 0 Å². The molecule has 0 spiro atoms. The Morgan fingerprint density at radius 1 is 1.79 bits per heavy atom. The quantitative estimate of drug-likeness (QED) is 0.742. The molecule has 0 fully saturated rings. The van der Waals surface area contributed by atoms with Gasteiger partial charge in [-0.3, -0.25) is 0 Å². The Bertz CT molecular complexity index is 324. The lowest BCUT2D eigenvalue weighted by atomic mass is 10.3. The fraction of sp³-hybridized carbons (Fsp3) is 0.500. The summed E-state index contributed by atoms with van der Waals surface area (Å²) in [6.07, 6.45) is 1.90. The number of nitrogens with zero attached hydrogens (tertiary/aromatic N) is 2. The van der Waals surface area contributed by atoms with Gasteiger partial charge in [0.05, 0.1) is 25.3 Å². The molecule has 0 radical (unpaired) electrons. The predicted octanol–water partition coefficient (Wildman–Crippen LogP) is 0.482. The van der Waals surface area contributed by atoms with Crippen LogP contribution in [-0.2, 0) is 17.2 Å². The summed E-state index contributed by atoms with van der Waals surface area (Å²) in [5, 5.41) is 12.9. The van der Waals surface area contributed by atoms with Crippen LogP contribution in [-0.4, -0.2) is 34.2 Å². The van der Waals surface area contributed by atoms with Crippen molar-refractivity contribution in [2.45, 2.75) is 12.5 Å². The van der Waals surface area contributed by atoms with E-state index in [1.165, 1.54) is 29.6 Å². The molecule has 1 aromatic rings. The van der Waals surface area contributed by atoms with Crippen LogP contribution >= 0.6 is 11.8 Å². The number of aliphatic hydroxyl groups is 1. The number of hydrogen-bond acceptors (Lipinski definition) is 5. The monoisotopic (exact) mass is 216 g/mol. The highest BCUT2D eigenvalue weighted by molar-refractivity contribution is 7.97. The third-order valence-corrected chi connectivity index (χ3v) is 2.14. The van der Waals surface area contributed by atoms with Crippen molar-refractivity contribution < 1.29 is 14.6 Å². The van der Waals surface area contributed by atoms with Crippen LogP contribution in [0.1, 0.15) is 16.2 Å². The molecule has 0 aliphatic carbocycles. The number of methoxy groups -OCH3 is 1. The fourth-order valence-electron chi connectivity index (χ4n) is 1.04. The molecule has 1 aromatic heterocycles. The van der Waals surface area contributed by atoms with Crippen LogP contribution in [0.4, 0.5) is 0 Å². The molecule has 14 heavy (non-hydrogen) atoms. The van der Waals surface area contributed by atoms with Crippen molar-refractivity contribution in [3.05, 3.63) is 17.5 Å². The number of rotatable bonds is 4. The summed E-state index contributed by atoms with van der Waals surface area (Å²) in [4.78, 5) is 11.3. The minimum Gasteiger partial charge on any atom is -0.464 e. The number of esters is 1. The van der Waals surface area contributed by atoms with Crippen LogP contribution in [0.15, 0.2) is 6.07 Å². The second-order valence-electron chi connectivity index (χ2n) is 2.59. The van der Waals surface area contributed by atoms with E-state index in [2.05, 4.69) is 9.84 Å². The highest BCUT2D eigenvalue weighted by Crippen LogP contribution is 2.09. The van der Waals surface area contributed by atoms with Gasteiger partial charge in [-0.05, 0) is 12.3 Å². The van der Waals surface area contributed by atoms with Crippen LogP contribution in [0.2, 0.25) is 0 Å². The Hall–Kier alpha value is -1.01. The molecule has 0 atom stereocenters. The molecule has 5 nitrogen and oxygen atoms in total. The van der Waals surface area contributed by atoms with E-state index in [-0.39, 0.29) is 6.61 Å². The number of thioether (sulfide) groups is 1. The molecule has 0 saturated heterocycles. The van der Waals surface area contributed by atoms with Crippen molar-refractivity contribution in [1.82, 2.24) is 9.78 Å². The molecule has 78 valence electrons. The summed E-state index contributed by atoms with van der Waals surface area (Å²) in [6, 6.07) is 1.53. The zero-order valence-corrected chi connectivity index (χ0v) is 8.87. The highest BCUT2D eigenvalue weighted by atomic mass is 32.2. The first-order chi connectivity index (χ1) is 6.72.